The Hall–Kier alpha value is -4.30. The molecule has 8 heteroatoms. The number of hydrogen-bond acceptors (Lipinski definition) is 7. The maximum absolute atomic E-state index is 13.3. The molecule has 0 aliphatic carbocycles. The number of carbonyl (C=O) groups excluding carboxylic acids is 2. The second kappa shape index (κ2) is 12.5. The second-order valence-electron chi connectivity index (χ2n) is 9.44. The third-order valence-electron chi connectivity index (χ3n) is 6.51. The molecule has 0 spiro atoms. The number of carbonyl (C=O) groups is 2. The zero-order valence-electron chi connectivity index (χ0n) is 22.7. The van der Waals surface area contributed by atoms with Gasteiger partial charge in [0.2, 0.25) is 0 Å². The number of benzene rings is 3. The third kappa shape index (κ3) is 6.23. The Kier molecular flexibility index (Phi) is 8.88. The van der Waals surface area contributed by atoms with E-state index in [4.69, 9.17) is 14.2 Å². The molecular weight excluding hydrogens is 496 g/mol. The van der Waals surface area contributed by atoms with Gasteiger partial charge in [0.25, 0.3) is 11.7 Å². The van der Waals surface area contributed by atoms with E-state index in [-0.39, 0.29) is 11.3 Å². The van der Waals surface area contributed by atoms with Crippen LogP contribution in [-0.4, -0.2) is 67.5 Å². The molecule has 3 aromatic rings. The number of ether oxygens (including phenoxy) is 3. The minimum Gasteiger partial charge on any atom is -0.507 e. The summed E-state index contributed by atoms with van der Waals surface area (Å²) in [5.41, 5.74) is 2.09. The molecule has 1 N–H and O–H groups in total. The number of ketones is 1. The average Bonchev–Trinajstić information content (AvgIpc) is 3.20. The van der Waals surface area contributed by atoms with E-state index in [0.717, 1.165) is 5.56 Å². The molecule has 1 unspecified atom stereocenters. The Morgan fingerprint density at radius 3 is 2.31 bits per heavy atom. The first-order valence-corrected chi connectivity index (χ1v) is 12.8. The lowest BCUT2D eigenvalue weighted by molar-refractivity contribution is -0.140. The number of likely N-dealkylation sites (tertiary alicyclic amines) is 1. The SMILES string of the molecule is CCOc1ccc(C(O)=C2C(=O)C(=O)N(CCN(C)C)C2c2ccc(OCc3ccccc3)c(OC)c2)cc1. The predicted octanol–water partition coefficient (Wildman–Crippen LogP) is 4.66. The molecule has 1 fully saturated rings. The standard InChI is InChI=1S/C31H34N2O6/c1-5-38-24-14-11-22(12-15-24)29(34)27-28(33(18-17-32(2)3)31(36)30(27)35)23-13-16-25(26(19-23)37-4)39-20-21-9-7-6-8-10-21/h6-16,19,28,34H,5,17-18,20H2,1-4H3. The van der Waals surface area contributed by atoms with Crippen LogP contribution in [0.4, 0.5) is 0 Å². The molecule has 1 aliphatic rings. The highest BCUT2D eigenvalue weighted by Crippen LogP contribution is 2.42. The fourth-order valence-electron chi connectivity index (χ4n) is 4.50. The van der Waals surface area contributed by atoms with Gasteiger partial charge in [0, 0.05) is 18.7 Å². The Bertz CT molecular complexity index is 1330. The molecular formula is C31H34N2O6. The molecule has 1 aliphatic heterocycles. The normalized spacial score (nSPS) is 16.5. The quantitative estimate of drug-likeness (QED) is 0.219. The lowest BCUT2D eigenvalue weighted by Gasteiger charge is -2.27. The molecule has 1 saturated heterocycles. The number of likely N-dealkylation sites (N-methyl/N-ethyl adjacent to an activating group) is 1. The highest BCUT2D eigenvalue weighted by molar-refractivity contribution is 6.46. The Labute approximate surface area is 229 Å². The lowest BCUT2D eigenvalue weighted by atomic mass is 9.95. The van der Waals surface area contributed by atoms with E-state index in [1.807, 2.05) is 56.3 Å². The van der Waals surface area contributed by atoms with Gasteiger partial charge in [0.15, 0.2) is 11.5 Å². The summed E-state index contributed by atoms with van der Waals surface area (Å²) in [6.45, 7) is 3.60. The Balaban J connectivity index is 1.74. The highest BCUT2D eigenvalue weighted by atomic mass is 16.5. The molecule has 8 nitrogen and oxygen atoms in total. The fourth-order valence-corrected chi connectivity index (χ4v) is 4.50. The summed E-state index contributed by atoms with van der Waals surface area (Å²) in [5, 5.41) is 11.3. The van der Waals surface area contributed by atoms with E-state index in [1.54, 1.807) is 42.5 Å². The monoisotopic (exact) mass is 530 g/mol. The number of aliphatic hydroxyl groups excluding tert-OH is 1. The van der Waals surface area contributed by atoms with Crippen molar-refractivity contribution in [3.05, 3.63) is 95.1 Å². The molecule has 0 saturated carbocycles. The van der Waals surface area contributed by atoms with Gasteiger partial charge in [-0.1, -0.05) is 36.4 Å². The van der Waals surface area contributed by atoms with Gasteiger partial charge in [0.05, 0.1) is 25.3 Å². The van der Waals surface area contributed by atoms with Crippen LogP contribution in [0, 0.1) is 0 Å². The molecule has 3 aromatic carbocycles. The summed E-state index contributed by atoms with van der Waals surface area (Å²) in [6, 6.07) is 21.1. The van der Waals surface area contributed by atoms with Crippen LogP contribution in [0.1, 0.15) is 29.7 Å². The minimum atomic E-state index is -0.798. The number of methoxy groups -OCH3 is 1. The number of amides is 1. The largest absolute Gasteiger partial charge is 0.507 e. The number of nitrogens with zero attached hydrogens (tertiary/aromatic N) is 2. The van der Waals surface area contributed by atoms with E-state index < -0.39 is 17.7 Å². The molecule has 0 aromatic heterocycles. The van der Waals surface area contributed by atoms with Gasteiger partial charge in [-0.2, -0.15) is 0 Å². The van der Waals surface area contributed by atoms with Crippen molar-refractivity contribution in [1.82, 2.24) is 9.80 Å². The highest BCUT2D eigenvalue weighted by Gasteiger charge is 2.46. The van der Waals surface area contributed by atoms with Gasteiger partial charge >= 0.3 is 0 Å². The van der Waals surface area contributed by atoms with Crippen LogP contribution in [0.2, 0.25) is 0 Å². The topological polar surface area (TPSA) is 88.5 Å². The molecule has 1 atom stereocenters. The molecule has 204 valence electrons. The number of rotatable bonds is 11. The summed E-state index contributed by atoms with van der Waals surface area (Å²) in [6.07, 6.45) is 0. The molecule has 1 amide bonds. The minimum absolute atomic E-state index is 0.0305. The molecule has 0 radical (unpaired) electrons. The fraction of sp³-hybridized carbons (Fsp3) is 0.290. The van der Waals surface area contributed by atoms with Gasteiger partial charge in [0.1, 0.15) is 18.1 Å². The lowest BCUT2D eigenvalue weighted by Crippen LogP contribution is -2.35. The number of aliphatic hydroxyl groups is 1. The van der Waals surface area contributed by atoms with E-state index in [2.05, 4.69) is 0 Å². The van der Waals surface area contributed by atoms with Crippen molar-refractivity contribution in [2.45, 2.75) is 19.6 Å². The van der Waals surface area contributed by atoms with Gasteiger partial charge in [-0.15, -0.1) is 0 Å². The summed E-state index contributed by atoms with van der Waals surface area (Å²) < 4.78 is 17.1. The zero-order chi connectivity index (χ0) is 27.9. The first-order chi connectivity index (χ1) is 18.8. The first-order valence-electron chi connectivity index (χ1n) is 12.8. The van der Waals surface area contributed by atoms with Crippen molar-refractivity contribution in [2.75, 3.05) is 40.9 Å². The van der Waals surface area contributed by atoms with Gasteiger partial charge in [-0.3, -0.25) is 9.59 Å². The maximum Gasteiger partial charge on any atom is 0.295 e. The van der Waals surface area contributed by atoms with Gasteiger partial charge in [-0.25, -0.2) is 0 Å². The maximum atomic E-state index is 13.3. The van der Waals surface area contributed by atoms with E-state index in [0.29, 0.717) is 54.7 Å². The van der Waals surface area contributed by atoms with Crippen LogP contribution in [0.3, 0.4) is 0 Å². The summed E-state index contributed by atoms with van der Waals surface area (Å²) in [4.78, 5) is 29.9. The van der Waals surface area contributed by atoms with Gasteiger partial charge in [-0.05, 0) is 68.5 Å². The second-order valence-corrected chi connectivity index (χ2v) is 9.44. The van der Waals surface area contributed by atoms with Crippen molar-refractivity contribution in [3.8, 4) is 17.2 Å². The molecule has 0 bridgehead atoms. The predicted molar refractivity (Wildman–Crippen MR) is 149 cm³/mol. The Morgan fingerprint density at radius 1 is 0.949 bits per heavy atom. The van der Waals surface area contributed by atoms with Crippen LogP contribution in [-0.2, 0) is 16.2 Å². The van der Waals surface area contributed by atoms with E-state index in [9.17, 15) is 14.7 Å². The first kappa shape index (κ1) is 27.7. The molecule has 1 heterocycles. The zero-order valence-corrected chi connectivity index (χ0v) is 22.7. The van der Waals surface area contributed by atoms with Crippen LogP contribution in [0.15, 0.2) is 78.4 Å². The van der Waals surface area contributed by atoms with Crippen molar-refractivity contribution in [2.24, 2.45) is 0 Å². The van der Waals surface area contributed by atoms with Crippen LogP contribution >= 0.6 is 0 Å². The van der Waals surface area contributed by atoms with Crippen molar-refractivity contribution < 1.29 is 28.9 Å². The van der Waals surface area contributed by atoms with Crippen molar-refractivity contribution in [3.63, 3.8) is 0 Å². The third-order valence-corrected chi connectivity index (χ3v) is 6.51. The van der Waals surface area contributed by atoms with E-state index in [1.165, 1.54) is 12.0 Å². The number of hydrogen-bond donors (Lipinski definition) is 1. The van der Waals surface area contributed by atoms with E-state index >= 15 is 0 Å². The summed E-state index contributed by atoms with van der Waals surface area (Å²) in [7, 11) is 5.33. The van der Waals surface area contributed by atoms with Crippen molar-refractivity contribution in [1.29, 1.82) is 0 Å². The smallest absolute Gasteiger partial charge is 0.295 e. The van der Waals surface area contributed by atoms with Crippen LogP contribution in [0.5, 0.6) is 17.2 Å². The average molecular weight is 531 g/mol. The molecule has 39 heavy (non-hydrogen) atoms. The van der Waals surface area contributed by atoms with Crippen LogP contribution in [0.25, 0.3) is 5.76 Å². The molecule has 4 rings (SSSR count). The van der Waals surface area contributed by atoms with Gasteiger partial charge < -0.3 is 29.1 Å². The summed E-state index contributed by atoms with van der Waals surface area (Å²) >= 11 is 0. The van der Waals surface area contributed by atoms with Crippen LogP contribution < -0.4 is 14.2 Å². The number of Topliss-reactive ketones (excluding diaryl/α,β-unsaturated/α-hetero) is 1. The van der Waals surface area contributed by atoms with Crippen molar-refractivity contribution >= 4 is 17.4 Å². The summed E-state index contributed by atoms with van der Waals surface area (Å²) in [5.74, 6) is 0.0146. The Morgan fingerprint density at radius 2 is 1.67 bits per heavy atom.